The van der Waals surface area contributed by atoms with Crippen LogP contribution in [-0.4, -0.2) is 65.5 Å². The Morgan fingerprint density at radius 2 is 1.83 bits per heavy atom. The van der Waals surface area contributed by atoms with Crippen LogP contribution in [-0.2, 0) is 19.0 Å². The lowest BCUT2D eigenvalue weighted by atomic mass is 9.37. The van der Waals surface area contributed by atoms with Crippen molar-refractivity contribution >= 4 is 5.78 Å². The Balaban J connectivity index is 1.95. The molecule has 0 aromatic carbocycles. The van der Waals surface area contributed by atoms with Crippen molar-refractivity contribution < 1.29 is 34.3 Å². The van der Waals surface area contributed by atoms with Gasteiger partial charge in [0.25, 0.3) is 0 Å². The van der Waals surface area contributed by atoms with E-state index in [1.54, 1.807) is 6.92 Å². The summed E-state index contributed by atoms with van der Waals surface area (Å²) >= 11 is 0. The van der Waals surface area contributed by atoms with Crippen LogP contribution in [0.4, 0.5) is 0 Å². The molecule has 0 spiro atoms. The van der Waals surface area contributed by atoms with Crippen molar-refractivity contribution in [2.75, 3.05) is 14.2 Å². The average molecular weight is 411 g/mol. The molecule has 1 aliphatic heterocycles. The number of ether oxygens (including phenoxy) is 3. The predicted molar refractivity (Wildman–Crippen MR) is 103 cm³/mol. The highest BCUT2D eigenvalue weighted by atomic mass is 16.6. The van der Waals surface area contributed by atoms with Gasteiger partial charge < -0.3 is 29.5 Å². The van der Waals surface area contributed by atoms with Crippen LogP contribution in [0.25, 0.3) is 0 Å². The third-order valence-electron chi connectivity index (χ3n) is 8.93. The van der Waals surface area contributed by atoms with Crippen LogP contribution in [0, 0.1) is 34.5 Å². The standard InChI is InChI=1S/C22H34O7/c1-10-7-12(27-5)18(25)20(2)11(10)8-14-21(3)13(9-15(23)29-14)22(4,26)19(28-6)16(24)17(20)21/h7,10-11,13-17,19,23-24,26H,8-9H2,1-6H3/t10-,11+,13-,14-,15?,16+,17-,19-,20+,21?,22+/m1/s1. The maximum Gasteiger partial charge on any atom is 0.203 e. The second-order valence-electron chi connectivity index (χ2n) is 10.1. The molecule has 0 amide bonds. The first-order chi connectivity index (χ1) is 13.4. The third-order valence-corrected chi connectivity index (χ3v) is 8.93. The lowest BCUT2D eigenvalue weighted by Crippen LogP contribution is -2.78. The molecule has 1 heterocycles. The maximum atomic E-state index is 13.6. The molecule has 2 saturated carbocycles. The van der Waals surface area contributed by atoms with Crippen molar-refractivity contribution in [2.24, 2.45) is 34.5 Å². The van der Waals surface area contributed by atoms with Crippen LogP contribution in [0.15, 0.2) is 11.8 Å². The van der Waals surface area contributed by atoms with Gasteiger partial charge >= 0.3 is 0 Å². The molecule has 0 aromatic heterocycles. The molecule has 7 nitrogen and oxygen atoms in total. The Morgan fingerprint density at radius 3 is 2.41 bits per heavy atom. The third kappa shape index (κ3) is 2.45. The zero-order valence-electron chi connectivity index (χ0n) is 18.1. The van der Waals surface area contributed by atoms with Gasteiger partial charge in [0.2, 0.25) is 5.78 Å². The first kappa shape index (κ1) is 21.2. The molecule has 0 bridgehead atoms. The van der Waals surface area contributed by atoms with Crippen molar-refractivity contribution in [1.29, 1.82) is 0 Å². The molecule has 4 rings (SSSR count). The summed E-state index contributed by atoms with van der Waals surface area (Å²) in [5.41, 5.74) is -3.00. The number of carbonyl (C=O) groups excluding carboxylic acids is 1. The molecular formula is C22H34O7. The predicted octanol–water partition coefficient (Wildman–Crippen LogP) is 1.25. The highest BCUT2D eigenvalue weighted by Gasteiger charge is 2.75. The van der Waals surface area contributed by atoms with E-state index >= 15 is 0 Å². The van der Waals surface area contributed by atoms with E-state index in [-0.39, 0.29) is 30.1 Å². The molecule has 2 unspecified atom stereocenters. The number of carbonyl (C=O) groups is 1. The van der Waals surface area contributed by atoms with Gasteiger partial charge in [0, 0.05) is 36.2 Å². The molecule has 3 fully saturated rings. The molecule has 0 radical (unpaired) electrons. The van der Waals surface area contributed by atoms with Gasteiger partial charge in [-0.2, -0.15) is 0 Å². The lowest BCUT2D eigenvalue weighted by molar-refractivity contribution is -0.354. The number of hydrogen-bond acceptors (Lipinski definition) is 7. The maximum absolute atomic E-state index is 13.6. The van der Waals surface area contributed by atoms with Crippen LogP contribution in [0.3, 0.4) is 0 Å². The first-order valence-corrected chi connectivity index (χ1v) is 10.5. The molecule has 7 heteroatoms. The highest BCUT2D eigenvalue weighted by Crippen LogP contribution is 2.69. The fraction of sp³-hybridized carbons (Fsp3) is 0.864. The molecule has 11 atom stereocenters. The second kappa shape index (κ2) is 6.50. The minimum absolute atomic E-state index is 0.0361. The van der Waals surface area contributed by atoms with Crippen molar-refractivity contribution in [3.05, 3.63) is 11.8 Å². The number of Topliss-reactive ketones (excluding diaryl/α,β-unsaturated/α-hetero) is 1. The Morgan fingerprint density at radius 1 is 1.17 bits per heavy atom. The van der Waals surface area contributed by atoms with E-state index < -0.39 is 46.8 Å². The summed E-state index contributed by atoms with van der Waals surface area (Å²) in [7, 11) is 2.96. The van der Waals surface area contributed by atoms with Gasteiger partial charge in [0.15, 0.2) is 12.0 Å². The quantitative estimate of drug-likeness (QED) is 0.629. The van der Waals surface area contributed by atoms with Crippen LogP contribution in [0.5, 0.6) is 0 Å². The zero-order chi connectivity index (χ0) is 21.5. The Labute approximate surface area is 172 Å². The first-order valence-electron chi connectivity index (χ1n) is 10.5. The molecular weight excluding hydrogens is 376 g/mol. The Kier molecular flexibility index (Phi) is 4.76. The van der Waals surface area contributed by atoms with E-state index in [4.69, 9.17) is 14.2 Å². The van der Waals surface area contributed by atoms with Crippen LogP contribution in [0.2, 0.25) is 0 Å². The fourth-order valence-electron chi connectivity index (χ4n) is 7.77. The summed E-state index contributed by atoms with van der Waals surface area (Å²) in [6.45, 7) is 7.62. The van der Waals surface area contributed by atoms with Gasteiger partial charge in [-0.15, -0.1) is 0 Å². The van der Waals surface area contributed by atoms with Gasteiger partial charge in [-0.3, -0.25) is 4.79 Å². The molecule has 4 aliphatic rings. The summed E-state index contributed by atoms with van der Waals surface area (Å²) < 4.78 is 17.0. The van der Waals surface area contributed by atoms with Gasteiger partial charge in [-0.1, -0.05) is 20.8 Å². The smallest absolute Gasteiger partial charge is 0.203 e. The van der Waals surface area contributed by atoms with E-state index in [0.717, 1.165) is 0 Å². The van der Waals surface area contributed by atoms with E-state index in [0.29, 0.717) is 12.2 Å². The number of methoxy groups -OCH3 is 2. The largest absolute Gasteiger partial charge is 0.493 e. The Hall–Kier alpha value is -0.990. The minimum Gasteiger partial charge on any atom is -0.493 e. The van der Waals surface area contributed by atoms with Crippen molar-refractivity contribution in [3.8, 4) is 0 Å². The second-order valence-corrected chi connectivity index (χ2v) is 10.1. The number of rotatable bonds is 2. The van der Waals surface area contributed by atoms with Crippen molar-refractivity contribution in [1.82, 2.24) is 0 Å². The van der Waals surface area contributed by atoms with Gasteiger partial charge in [0.1, 0.15) is 6.10 Å². The highest BCUT2D eigenvalue weighted by molar-refractivity contribution is 5.99. The lowest BCUT2D eigenvalue weighted by Gasteiger charge is -2.70. The molecule has 3 N–H and O–H groups in total. The van der Waals surface area contributed by atoms with E-state index in [9.17, 15) is 20.1 Å². The van der Waals surface area contributed by atoms with E-state index in [1.165, 1.54) is 14.2 Å². The van der Waals surface area contributed by atoms with Crippen molar-refractivity contribution in [2.45, 2.75) is 70.7 Å². The fourth-order valence-corrected chi connectivity index (χ4v) is 7.77. The number of hydrogen-bond donors (Lipinski definition) is 3. The van der Waals surface area contributed by atoms with Crippen LogP contribution >= 0.6 is 0 Å². The number of allylic oxidation sites excluding steroid dienone is 2. The summed E-state index contributed by atoms with van der Waals surface area (Å²) in [5, 5.41) is 33.5. The Bertz CT molecular complexity index is 733. The average Bonchev–Trinajstić information content (AvgIpc) is 2.63. The number of aliphatic hydroxyl groups excluding tert-OH is 2. The van der Waals surface area contributed by atoms with Crippen LogP contribution < -0.4 is 0 Å². The molecule has 164 valence electrons. The molecule has 3 aliphatic carbocycles. The summed E-state index contributed by atoms with van der Waals surface area (Å²) in [5.74, 6) is -0.764. The van der Waals surface area contributed by atoms with Gasteiger partial charge in [-0.25, -0.2) is 0 Å². The van der Waals surface area contributed by atoms with Crippen LogP contribution in [0.1, 0.15) is 40.5 Å². The topological polar surface area (TPSA) is 105 Å². The van der Waals surface area contributed by atoms with E-state index in [1.807, 2.05) is 26.8 Å². The number of fused-ring (bicyclic) bond motifs is 2. The normalized spacial score (nSPS) is 56.9. The summed E-state index contributed by atoms with van der Waals surface area (Å²) in [4.78, 5) is 13.6. The summed E-state index contributed by atoms with van der Waals surface area (Å²) in [6.07, 6.45) is -0.691. The molecule has 0 aromatic rings. The SMILES string of the molecule is COC1=C[C@@H](C)[C@@H]2C[C@H]3OC(O)C[C@@H]4C3(C)[C@H]([C@H](O)[C@@H](OC)[C@@]4(C)O)[C@@]2(C)C1=O. The minimum atomic E-state index is -1.38. The van der Waals surface area contributed by atoms with E-state index in [2.05, 4.69) is 0 Å². The number of aliphatic hydroxyl groups is 3. The van der Waals surface area contributed by atoms with Gasteiger partial charge in [0.05, 0.1) is 24.9 Å². The van der Waals surface area contributed by atoms with Crippen molar-refractivity contribution in [3.63, 3.8) is 0 Å². The molecule has 29 heavy (non-hydrogen) atoms. The summed E-state index contributed by atoms with van der Waals surface area (Å²) in [6, 6.07) is 0. The monoisotopic (exact) mass is 410 g/mol. The zero-order valence-corrected chi connectivity index (χ0v) is 18.1. The van der Waals surface area contributed by atoms with Gasteiger partial charge in [-0.05, 0) is 31.3 Å². The number of ketones is 1. The molecule has 1 saturated heterocycles.